The summed E-state index contributed by atoms with van der Waals surface area (Å²) in [4.78, 5) is 38.3. The number of nitrogens with zero attached hydrogens (tertiary/aromatic N) is 4. The summed E-state index contributed by atoms with van der Waals surface area (Å²) >= 11 is 0. The summed E-state index contributed by atoms with van der Waals surface area (Å²) < 4.78 is 39.3. The van der Waals surface area contributed by atoms with E-state index in [-0.39, 0.29) is 18.1 Å². The molecule has 5 rings (SSSR count). The molecule has 0 aliphatic carbocycles. The first-order valence-electron chi connectivity index (χ1n) is 13.5. The number of alkyl halides is 3. The lowest BCUT2D eigenvalue weighted by Crippen LogP contribution is -2.46. The van der Waals surface area contributed by atoms with Crippen molar-refractivity contribution >= 4 is 40.8 Å². The minimum absolute atomic E-state index is 0.133. The maximum absolute atomic E-state index is 13.5. The van der Waals surface area contributed by atoms with Gasteiger partial charge in [0.05, 0.1) is 17.8 Å². The first kappa shape index (κ1) is 29.5. The predicted octanol–water partition coefficient (Wildman–Crippen LogP) is 6.14. The predicted molar refractivity (Wildman–Crippen MR) is 160 cm³/mol. The summed E-state index contributed by atoms with van der Waals surface area (Å²) in [5.74, 6) is 0.121. The molecule has 3 N–H and O–H groups in total. The van der Waals surface area contributed by atoms with Crippen LogP contribution in [0, 0.1) is 6.92 Å². The smallest absolute Gasteiger partial charge is 0.324 e. The molecule has 1 aromatic heterocycles. The molecule has 2 heterocycles. The van der Waals surface area contributed by atoms with Crippen molar-refractivity contribution in [3.63, 3.8) is 0 Å². The summed E-state index contributed by atoms with van der Waals surface area (Å²) in [7, 11) is 3.53. The first-order valence-corrected chi connectivity index (χ1v) is 13.5. The van der Waals surface area contributed by atoms with Crippen molar-refractivity contribution in [2.24, 2.45) is 0 Å². The Morgan fingerprint density at radius 3 is 2.49 bits per heavy atom. The van der Waals surface area contributed by atoms with Gasteiger partial charge in [-0.2, -0.15) is 18.2 Å². The van der Waals surface area contributed by atoms with Gasteiger partial charge in [-0.05, 0) is 80.5 Å². The highest BCUT2D eigenvalue weighted by Crippen LogP contribution is 2.34. The molecule has 0 spiro atoms. The highest BCUT2D eigenvalue weighted by atomic mass is 19.4. The quantitative estimate of drug-likeness (QED) is 0.228. The molecule has 0 atom stereocenters. The average Bonchev–Trinajstić information content (AvgIpc) is 2.99. The molecule has 1 aliphatic heterocycles. The number of rotatable bonds is 8. The van der Waals surface area contributed by atoms with Crippen molar-refractivity contribution in [1.29, 1.82) is 0 Å². The van der Waals surface area contributed by atoms with Gasteiger partial charge in [-0.15, -0.1) is 0 Å². The largest absolute Gasteiger partial charge is 0.416 e. The minimum Gasteiger partial charge on any atom is -0.324 e. The molecule has 1 aliphatic rings. The Labute approximate surface area is 246 Å². The third kappa shape index (κ3) is 6.59. The Kier molecular flexibility index (Phi) is 8.31. The van der Waals surface area contributed by atoms with Crippen LogP contribution in [0.4, 0.5) is 46.8 Å². The van der Waals surface area contributed by atoms with Gasteiger partial charge in [0.15, 0.2) is 0 Å². The standard InChI is InChI=1S/C31H30F3N7O2/c1-19-7-10-25(37-28(42)21-5-4-6-23(15-21)31(32,33)34)16-26(19)41-18-22-17-36-29(39-27(22)40(3)30(41)43)38-24-11-8-20(9-12-24)13-14-35-2/h4-12,15-17,35H,13-14,18H2,1-3H3,(H,37,42)(H,36,38,39). The third-order valence-corrected chi connectivity index (χ3v) is 7.09. The molecule has 0 bridgehead atoms. The van der Waals surface area contributed by atoms with Crippen LogP contribution in [0.2, 0.25) is 0 Å². The fourth-order valence-electron chi connectivity index (χ4n) is 4.73. The van der Waals surface area contributed by atoms with E-state index in [9.17, 15) is 22.8 Å². The molecule has 0 saturated heterocycles. The number of benzene rings is 3. The second kappa shape index (κ2) is 12.1. The van der Waals surface area contributed by atoms with Gasteiger partial charge >= 0.3 is 12.2 Å². The van der Waals surface area contributed by atoms with Crippen molar-refractivity contribution in [3.8, 4) is 0 Å². The van der Waals surface area contributed by atoms with Crippen LogP contribution in [-0.4, -0.2) is 42.5 Å². The highest BCUT2D eigenvalue weighted by Gasteiger charge is 2.32. The van der Waals surface area contributed by atoms with Gasteiger partial charge in [-0.25, -0.2) is 9.78 Å². The van der Waals surface area contributed by atoms with Gasteiger partial charge in [-0.1, -0.05) is 24.3 Å². The monoisotopic (exact) mass is 589 g/mol. The normalized spacial score (nSPS) is 13.1. The molecule has 4 aromatic rings. The topological polar surface area (TPSA) is 102 Å². The van der Waals surface area contributed by atoms with Gasteiger partial charge in [-0.3, -0.25) is 14.6 Å². The summed E-state index contributed by atoms with van der Waals surface area (Å²) in [6.07, 6.45) is -1.99. The zero-order valence-electron chi connectivity index (χ0n) is 23.8. The molecule has 222 valence electrons. The molecule has 0 fully saturated rings. The van der Waals surface area contributed by atoms with Crippen LogP contribution in [0.5, 0.6) is 0 Å². The molecule has 43 heavy (non-hydrogen) atoms. The maximum Gasteiger partial charge on any atom is 0.416 e. The molecule has 0 unspecified atom stereocenters. The van der Waals surface area contributed by atoms with Crippen LogP contribution < -0.4 is 25.8 Å². The van der Waals surface area contributed by atoms with Crippen molar-refractivity contribution < 1.29 is 22.8 Å². The molecular weight excluding hydrogens is 559 g/mol. The van der Waals surface area contributed by atoms with Gasteiger partial charge < -0.3 is 16.0 Å². The lowest BCUT2D eigenvalue weighted by atomic mass is 10.1. The summed E-state index contributed by atoms with van der Waals surface area (Å²) in [6.45, 7) is 2.89. The zero-order valence-corrected chi connectivity index (χ0v) is 23.8. The second-order valence-corrected chi connectivity index (χ2v) is 10.2. The van der Waals surface area contributed by atoms with Gasteiger partial charge in [0.25, 0.3) is 5.91 Å². The second-order valence-electron chi connectivity index (χ2n) is 10.2. The molecule has 3 aromatic carbocycles. The molecule has 3 amide bonds. The lowest BCUT2D eigenvalue weighted by Gasteiger charge is -2.35. The number of fused-ring (bicyclic) bond motifs is 1. The summed E-state index contributed by atoms with van der Waals surface area (Å²) in [5.41, 5.74) is 3.31. The van der Waals surface area contributed by atoms with Crippen molar-refractivity contribution in [2.45, 2.75) is 26.1 Å². The Balaban J connectivity index is 1.33. The van der Waals surface area contributed by atoms with Crippen LogP contribution in [0.25, 0.3) is 0 Å². The number of nitrogens with one attached hydrogen (secondary N) is 3. The summed E-state index contributed by atoms with van der Waals surface area (Å²) in [6, 6.07) is 16.8. The highest BCUT2D eigenvalue weighted by molar-refractivity contribution is 6.07. The fourth-order valence-corrected chi connectivity index (χ4v) is 4.73. The van der Waals surface area contributed by atoms with Gasteiger partial charge in [0.1, 0.15) is 5.82 Å². The van der Waals surface area contributed by atoms with E-state index in [0.29, 0.717) is 28.7 Å². The molecule has 0 saturated carbocycles. The average molecular weight is 590 g/mol. The zero-order chi connectivity index (χ0) is 30.7. The Morgan fingerprint density at radius 1 is 1.02 bits per heavy atom. The molecule has 9 nitrogen and oxygen atoms in total. The van der Waals surface area contributed by atoms with E-state index in [0.717, 1.165) is 36.3 Å². The van der Waals surface area contributed by atoms with Crippen LogP contribution >= 0.6 is 0 Å². The van der Waals surface area contributed by atoms with Gasteiger partial charge in [0.2, 0.25) is 5.95 Å². The molecular formula is C31H30F3N7O2. The van der Waals surface area contributed by atoms with Crippen LogP contribution in [0.3, 0.4) is 0 Å². The number of urea groups is 1. The summed E-state index contributed by atoms with van der Waals surface area (Å²) in [5, 5.41) is 8.95. The van der Waals surface area contributed by atoms with E-state index in [1.165, 1.54) is 27.5 Å². The van der Waals surface area contributed by atoms with E-state index in [1.807, 2.05) is 38.2 Å². The fraction of sp³-hybridized carbons (Fsp3) is 0.226. The van der Waals surface area contributed by atoms with E-state index < -0.39 is 17.6 Å². The van der Waals surface area contributed by atoms with E-state index >= 15 is 0 Å². The van der Waals surface area contributed by atoms with Crippen LogP contribution in [0.15, 0.2) is 72.9 Å². The maximum atomic E-state index is 13.5. The third-order valence-electron chi connectivity index (χ3n) is 7.09. The number of aromatic nitrogens is 2. The number of carbonyl (C=O) groups is 2. The van der Waals surface area contributed by atoms with Crippen molar-refractivity contribution in [1.82, 2.24) is 15.3 Å². The van der Waals surface area contributed by atoms with Gasteiger partial charge in [0, 0.05) is 35.7 Å². The number of aryl methyl sites for hydroxylation is 1. The van der Waals surface area contributed by atoms with Crippen molar-refractivity contribution in [3.05, 3.63) is 101 Å². The first-order chi connectivity index (χ1) is 20.5. The number of halogens is 3. The van der Waals surface area contributed by atoms with Crippen LogP contribution in [-0.2, 0) is 19.1 Å². The lowest BCUT2D eigenvalue weighted by molar-refractivity contribution is -0.137. The SMILES string of the molecule is CNCCc1ccc(Nc2ncc3c(n2)N(C)C(=O)N(c2cc(NC(=O)c4cccc(C(F)(F)F)c4)ccc2C)C3)cc1. The Hall–Kier alpha value is -4.97. The number of amides is 3. The number of likely N-dealkylation sites (N-methyl/N-ethyl adjacent to an activating group) is 1. The Bertz CT molecular complexity index is 1660. The number of anilines is 5. The van der Waals surface area contributed by atoms with E-state index in [1.54, 1.807) is 31.4 Å². The number of hydrogen-bond acceptors (Lipinski definition) is 6. The van der Waals surface area contributed by atoms with E-state index in [2.05, 4.69) is 25.9 Å². The molecule has 12 heteroatoms. The molecule has 0 radical (unpaired) electrons. The Morgan fingerprint density at radius 2 is 1.77 bits per heavy atom. The minimum atomic E-state index is -4.57. The van der Waals surface area contributed by atoms with Crippen LogP contribution in [0.1, 0.15) is 32.6 Å². The number of hydrogen-bond donors (Lipinski definition) is 3. The van der Waals surface area contributed by atoms with Crippen molar-refractivity contribution in [2.75, 3.05) is 41.1 Å². The number of carbonyl (C=O) groups excluding carboxylic acids is 2. The van der Waals surface area contributed by atoms with E-state index in [4.69, 9.17) is 0 Å².